The van der Waals surface area contributed by atoms with Crippen molar-refractivity contribution in [3.63, 3.8) is 0 Å². The Morgan fingerprint density at radius 1 is 1.27 bits per heavy atom. The van der Waals surface area contributed by atoms with E-state index in [1.165, 1.54) is 5.56 Å². The Balaban J connectivity index is 2.72. The smallest absolute Gasteiger partial charge is 0.0992 e. The topological polar surface area (TPSA) is 32.3 Å². The van der Waals surface area contributed by atoms with Crippen LogP contribution >= 0.6 is 0 Å². The number of rotatable bonds is 4. The highest BCUT2D eigenvalue weighted by Gasteiger charge is 2.22. The lowest BCUT2D eigenvalue weighted by atomic mass is 9.95. The fourth-order valence-electron chi connectivity index (χ4n) is 1.42. The fraction of sp³-hybridized carbons (Fsp3) is 0.538. The van der Waals surface area contributed by atoms with Gasteiger partial charge in [-0.05, 0) is 19.4 Å². The molecular weight excluding hydrogens is 186 g/mol. The summed E-state index contributed by atoms with van der Waals surface area (Å²) in [5, 5.41) is 13.5. The number of hydrogen-bond acceptors (Lipinski definition) is 2. The molecule has 0 unspecified atom stereocenters. The molecule has 1 aromatic rings. The summed E-state index contributed by atoms with van der Waals surface area (Å²) in [4.78, 5) is 0. The van der Waals surface area contributed by atoms with Crippen LogP contribution in [0.4, 0.5) is 0 Å². The van der Waals surface area contributed by atoms with Crippen molar-refractivity contribution in [3.8, 4) is 0 Å². The Kier molecular flexibility index (Phi) is 3.89. The van der Waals surface area contributed by atoms with Crippen LogP contribution in [0.25, 0.3) is 0 Å². The Hall–Kier alpha value is -0.860. The fourth-order valence-corrected chi connectivity index (χ4v) is 1.42. The maximum absolute atomic E-state index is 10.3. The van der Waals surface area contributed by atoms with Crippen LogP contribution in [-0.4, -0.2) is 17.7 Å². The van der Waals surface area contributed by atoms with Gasteiger partial charge in [-0.1, -0.05) is 43.7 Å². The van der Waals surface area contributed by atoms with Crippen molar-refractivity contribution in [2.24, 2.45) is 0 Å². The molecule has 0 aliphatic carbocycles. The van der Waals surface area contributed by atoms with Gasteiger partial charge in [-0.2, -0.15) is 0 Å². The normalized spacial score (nSPS) is 15.3. The largest absolute Gasteiger partial charge is 0.384 e. The highest BCUT2D eigenvalue weighted by Crippen LogP contribution is 2.20. The third-order valence-corrected chi connectivity index (χ3v) is 2.53. The van der Waals surface area contributed by atoms with E-state index in [2.05, 4.69) is 19.2 Å². The van der Waals surface area contributed by atoms with Crippen molar-refractivity contribution in [1.82, 2.24) is 5.32 Å². The van der Waals surface area contributed by atoms with Gasteiger partial charge in [0.15, 0.2) is 0 Å². The van der Waals surface area contributed by atoms with Gasteiger partial charge in [0.25, 0.3) is 0 Å². The molecule has 1 aromatic carbocycles. The zero-order valence-corrected chi connectivity index (χ0v) is 10.0. The zero-order chi connectivity index (χ0) is 11.5. The predicted octanol–water partition coefficient (Wildman–Crippen LogP) is 2.20. The van der Waals surface area contributed by atoms with E-state index in [9.17, 15) is 5.11 Å². The van der Waals surface area contributed by atoms with Gasteiger partial charge >= 0.3 is 0 Å². The number of hydrogen-bond donors (Lipinski definition) is 2. The molecule has 0 aliphatic heterocycles. The maximum atomic E-state index is 10.3. The summed E-state index contributed by atoms with van der Waals surface area (Å²) in [7, 11) is 0. The molecule has 15 heavy (non-hydrogen) atoms. The van der Waals surface area contributed by atoms with Gasteiger partial charge in [-0.15, -0.1) is 0 Å². The second kappa shape index (κ2) is 4.77. The van der Waals surface area contributed by atoms with E-state index in [1.807, 2.05) is 38.1 Å². The molecule has 2 heteroatoms. The summed E-state index contributed by atoms with van der Waals surface area (Å²) in [6.07, 6.45) is 0. The van der Waals surface area contributed by atoms with Gasteiger partial charge in [0.05, 0.1) is 5.60 Å². The van der Waals surface area contributed by atoms with Crippen LogP contribution in [0.15, 0.2) is 24.3 Å². The monoisotopic (exact) mass is 207 g/mol. The lowest BCUT2D eigenvalue weighted by molar-refractivity contribution is 0.0549. The van der Waals surface area contributed by atoms with Gasteiger partial charge in [0.2, 0.25) is 0 Å². The molecule has 0 bridgehead atoms. The third-order valence-electron chi connectivity index (χ3n) is 2.53. The Morgan fingerprint density at radius 3 is 2.27 bits per heavy atom. The molecule has 0 saturated heterocycles. The lowest BCUT2D eigenvalue weighted by Gasteiger charge is -2.25. The van der Waals surface area contributed by atoms with Gasteiger partial charge in [-0.25, -0.2) is 0 Å². The lowest BCUT2D eigenvalue weighted by Crippen LogP contribution is -2.38. The van der Waals surface area contributed by atoms with Crippen molar-refractivity contribution in [1.29, 1.82) is 0 Å². The Morgan fingerprint density at radius 2 is 1.80 bits per heavy atom. The van der Waals surface area contributed by atoms with Gasteiger partial charge in [-0.3, -0.25) is 0 Å². The van der Waals surface area contributed by atoms with E-state index in [0.717, 1.165) is 5.56 Å². The Bertz CT molecular complexity index is 301. The van der Waals surface area contributed by atoms with Crippen LogP contribution in [0.3, 0.4) is 0 Å². The van der Waals surface area contributed by atoms with E-state index >= 15 is 0 Å². The van der Waals surface area contributed by atoms with Gasteiger partial charge < -0.3 is 10.4 Å². The van der Waals surface area contributed by atoms with E-state index in [-0.39, 0.29) is 0 Å². The number of benzene rings is 1. The molecule has 0 fully saturated rings. The van der Waals surface area contributed by atoms with Crippen LogP contribution in [0, 0.1) is 6.92 Å². The molecule has 1 rings (SSSR count). The summed E-state index contributed by atoms with van der Waals surface area (Å²) < 4.78 is 0. The first kappa shape index (κ1) is 12.2. The zero-order valence-electron chi connectivity index (χ0n) is 10.0. The summed E-state index contributed by atoms with van der Waals surface area (Å²) in [6.45, 7) is 8.61. The molecule has 0 aliphatic rings. The molecule has 84 valence electrons. The molecule has 0 aromatic heterocycles. The molecule has 1 atom stereocenters. The van der Waals surface area contributed by atoms with Crippen molar-refractivity contribution >= 4 is 0 Å². The van der Waals surface area contributed by atoms with Gasteiger partial charge in [0, 0.05) is 12.6 Å². The molecule has 2 nitrogen and oxygen atoms in total. The minimum Gasteiger partial charge on any atom is -0.384 e. The summed E-state index contributed by atoms with van der Waals surface area (Å²) in [6, 6.07) is 8.41. The average Bonchev–Trinajstić information content (AvgIpc) is 2.16. The van der Waals surface area contributed by atoms with Gasteiger partial charge in [0.1, 0.15) is 0 Å². The van der Waals surface area contributed by atoms with E-state index in [0.29, 0.717) is 12.6 Å². The summed E-state index contributed by atoms with van der Waals surface area (Å²) in [5.41, 5.74) is 1.38. The van der Waals surface area contributed by atoms with Crippen LogP contribution < -0.4 is 5.32 Å². The first-order valence-corrected chi connectivity index (χ1v) is 5.45. The number of nitrogens with one attached hydrogen (secondary N) is 1. The van der Waals surface area contributed by atoms with Crippen LogP contribution in [0.5, 0.6) is 0 Å². The van der Waals surface area contributed by atoms with Crippen LogP contribution in [0.2, 0.25) is 0 Å². The number of aryl methyl sites for hydroxylation is 1. The minimum atomic E-state index is -0.794. The van der Waals surface area contributed by atoms with E-state index in [4.69, 9.17) is 0 Å². The summed E-state index contributed by atoms with van der Waals surface area (Å²) >= 11 is 0. The molecule has 0 spiro atoms. The molecule has 0 radical (unpaired) electrons. The average molecular weight is 207 g/mol. The second-order valence-electron chi connectivity index (χ2n) is 4.68. The summed E-state index contributed by atoms with van der Waals surface area (Å²) in [5.74, 6) is 0. The van der Waals surface area contributed by atoms with E-state index < -0.39 is 5.60 Å². The van der Waals surface area contributed by atoms with Crippen molar-refractivity contribution < 1.29 is 5.11 Å². The number of aliphatic hydroxyl groups is 1. The molecule has 0 saturated carbocycles. The van der Waals surface area contributed by atoms with Crippen LogP contribution in [0.1, 0.15) is 31.9 Å². The highest BCUT2D eigenvalue weighted by atomic mass is 16.3. The second-order valence-corrected chi connectivity index (χ2v) is 4.68. The van der Waals surface area contributed by atoms with Crippen LogP contribution in [-0.2, 0) is 5.60 Å². The third kappa shape index (κ3) is 3.65. The SMILES string of the molecule is Cc1ccc([C@@](C)(O)CNC(C)C)cc1. The maximum Gasteiger partial charge on any atom is 0.0992 e. The Labute approximate surface area is 92.3 Å². The molecular formula is C13H21NO. The molecule has 2 N–H and O–H groups in total. The first-order chi connectivity index (χ1) is 6.92. The molecule has 0 amide bonds. The first-order valence-electron chi connectivity index (χ1n) is 5.45. The standard InChI is InChI=1S/C13H21NO/c1-10(2)14-9-13(4,15)12-7-5-11(3)6-8-12/h5-8,10,14-15H,9H2,1-4H3/t13-/m0/s1. The predicted molar refractivity (Wildman–Crippen MR) is 63.9 cm³/mol. The highest BCUT2D eigenvalue weighted by molar-refractivity contribution is 5.26. The molecule has 0 heterocycles. The van der Waals surface area contributed by atoms with Crippen molar-refractivity contribution in [2.75, 3.05) is 6.54 Å². The minimum absolute atomic E-state index is 0.391. The quantitative estimate of drug-likeness (QED) is 0.793. The van der Waals surface area contributed by atoms with E-state index in [1.54, 1.807) is 0 Å². The van der Waals surface area contributed by atoms with Crippen molar-refractivity contribution in [3.05, 3.63) is 35.4 Å². The van der Waals surface area contributed by atoms with Crippen molar-refractivity contribution in [2.45, 2.75) is 39.3 Å².